The van der Waals surface area contributed by atoms with Crippen LogP contribution in [0, 0.1) is 5.92 Å². The molecule has 0 N–H and O–H groups in total. The van der Waals surface area contributed by atoms with Crippen molar-refractivity contribution in [2.75, 3.05) is 24.6 Å². The first-order valence-corrected chi connectivity index (χ1v) is 10.4. The second-order valence-electron chi connectivity index (χ2n) is 7.59. The minimum absolute atomic E-state index is 0.140. The average molecular weight is 412 g/mol. The van der Waals surface area contributed by atoms with Gasteiger partial charge in [0.1, 0.15) is 11.8 Å². The lowest BCUT2D eigenvalue weighted by atomic mass is 9.90. The minimum atomic E-state index is -0.447. The summed E-state index contributed by atoms with van der Waals surface area (Å²) in [7, 11) is 0. The Bertz CT molecular complexity index is 947. The predicted octanol–water partition coefficient (Wildman–Crippen LogP) is 3.27. The van der Waals surface area contributed by atoms with E-state index < -0.39 is 12.0 Å². The van der Waals surface area contributed by atoms with Crippen LogP contribution in [-0.4, -0.2) is 47.6 Å². The Morgan fingerprint density at radius 2 is 1.59 bits per heavy atom. The number of carbonyl (C=O) groups is 2. The van der Waals surface area contributed by atoms with Crippen molar-refractivity contribution in [1.29, 1.82) is 0 Å². The SMILES string of the molecule is CCOc1ccc(N2C(=O)[C@H]3[C@@H](c4ccc(Cl)cc4)N4CCCN4[C@H]3C2=O)cc1. The monoisotopic (exact) mass is 411 g/mol. The second-order valence-corrected chi connectivity index (χ2v) is 8.02. The lowest BCUT2D eigenvalue weighted by molar-refractivity contribution is -0.126. The first-order valence-electron chi connectivity index (χ1n) is 9.99. The van der Waals surface area contributed by atoms with Crippen molar-refractivity contribution in [3.8, 4) is 5.75 Å². The molecule has 3 saturated heterocycles. The van der Waals surface area contributed by atoms with E-state index in [1.165, 1.54) is 4.90 Å². The first-order chi connectivity index (χ1) is 14.1. The van der Waals surface area contributed by atoms with Crippen LogP contribution in [0.1, 0.15) is 24.9 Å². The smallest absolute Gasteiger partial charge is 0.253 e. The molecule has 2 aromatic carbocycles. The molecule has 3 heterocycles. The number of halogens is 1. The van der Waals surface area contributed by atoms with Crippen LogP contribution < -0.4 is 9.64 Å². The van der Waals surface area contributed by atoms with Crippen molar-refractivity contribution in [3.63, 3.8) is 0 Å². The van der Waals surface area contributed by atoms with Gasteiger partial charge in [0.25, 0.3) is 5.91 Å². The number of hydrogen-bond acceptors (Lipinski definition) is 5. The molecule has 0 aliphatic carbocycles. The summed E-state index contributed by atoms with van der Waals surface area (Å²) in [5, 5.41) is 4.95. The molecular weight excluding hydrogens is 390 g/mol. The highest BCUT2D eigenvalue weighted by Crippen LogP contribution is 2.49. The van der Waals surface area contributed by atoms with E-state index in [1.54, 1.807) is 24.3 Å². The van der Waals surface area contributed by atoms with Crippen LogP contribution in [0.5, 0.6) is 5.75 Å². The van der Waals surface area contributed by atoms with E-state index in [2.05, 4.69) is 10.0 Å². The molecule has 3 aliphatic heterocycles. The summed E-state index contributed by atoms with van der Waals surface area (Å²) in [5.41, 5.74) is 1.61. The maximum absolute atomic E-state index is 13.5. The van der Waals surface area contributed by atoms with E-state index in [0.29, 0.717) is 17.3 Å². The summed E-state index contributed by atoms with van der Waals surface area (Å²) >= 11 is 6.07. The molecule has 3 fully saturated rings. The normalized spacial score (nSPS) is 26.8. The molecule has 0 saturated carbocycles. The van der Waals surface area contributed by atoms with E-state index in [9.17, 15) is 9.59 Å². The van der Waals surface area contributed by atoms with E-state index in [4.69, 9.17) is 16.3 Å². The Balaban J connectivity index is 1.51. The van der Waals surface area contributed by atoms with Crippen molar-refractivity contribution in [3.05, 3.63) is 59.1 Å². The fourth-order valence-corrected chi connectivity index (χ4v) is 5.01. The summed E-state index contributed by atoms with van der Waals surface area (Å²) in [5.74, 6) is 0.0156. The van der Waals surface area contributed by atoms with E-state index in [0.717, 1.165) is 30.8 Å². The fraction of sp³-hybridized carbons (Fsp3) is 0.364. The zero-order chi connectivity index (χ0) is 20.1. The summed E-state index contributed by atoms with van der Waals surface area (Å²) in [6, 6.07) is 14.2. The van der Waals surface area contributed by atoms with Gasteiger partial charge in [0.2, 0.25) is 5.91 Å². The van der Waals surface area contributed by atoms with E-state index in [-0.39, 0.29) is 17.9 Å². The van der Waals surface area contributed by atoms with Gasteiger partial charge in [-0.15, -0.1) is 0 Å². The summed E-state index contributed by atoms with van der Waals surface area (Å²) in [4.78, 5) is 28.2. The predicted molar refractivity (Wildman–Crippen MR) is 110 cm³/mol. The number of carbonyl (C=O) groups excluding carboxylic acids is 2. The van der Waals surface area contributed by atoms with Crippen LogP contribution in [0.4, 0.5) is 5.69 Å². The van der Waals surface area contributed by atoms with Crippen molar-refractivity contribution >= 4 is 29.1 Å². The van der Waals surface area contributed by atoms with Gasteiger partial charge >= 0.3 is 0 Å². The largest absolute Gasteiger partial charge is 0.494 e. The van der Waals surface area contributed by atoms with Crippen molar-refractivity contribution in [1.82, 2.24) is 10.0 Å². The number of rotatable bonds is 4. The van der Waals surface area contributed by atoms with Gasteiger partial charge in [0.05, 0.1) is 24.3 Å². The number of anilines is 1. The third-order valence-electron chi connectivity index (χ3n) is 6.02. The van der Waals surface area contributed by atoms with Gasteiger partial charge in [-0.3, -0.25) is 9.59 Å². The van der Waals surface area contributed by atoms with Gasteiger partial charge in [-0.05, 0) is 55.3 Å². The molecule has 3 aliphatic rings. The number of benzene rings is 2. The molecule has 29 heavy (non-hydrogen) atoms. The zero-order valence-corrected chi connectivity index (χ0v) is 16.9. The number of amides is 2. The molecule has 2 amide bonds. The third kappa shape index (κ3) is 2.86. The summed E-state index contributed by atoms with van der Waals surface area (Å²) < 4.78 is 5.48. The van der Waals surface area contributed by atoms with Crippen LogP contribution >= 0.6 is 11.6 Å². The maximum atomic E-state index is 13.5. The molecule has 5 rings (SSSR count). The molecule has 0 unspecified atom stereocenters. The van der Waals surface area contributed by atoms with Crippen LogP contribution in [0.2, 0.25) is 5.02 Å². The van der Waals surface area contributed by atoms with Crippen molar-refractivity contribution in [2.24, 2.45) is 5.92 Å². The van der Waals surface area contributed by atoms with Gasteiger partial charge in [-0.1, -0.05) is 23.7 Å². The van der Waals surface area contributed by atoms with Crippen LogP contribution in [0.3, 0.4) is 0 Å². The number of imide groups is 1. The topological polar surface area (TPSA) is 53.1 Å². The number of hydrogen-bond donors (Lipinski definition) is 0. The Morgan fingerprint density at radius 1 is 0.931 bits per heavy atom. The third-order valence-corrected chi connectivity index (χ3v) is 6.28. The van der Waals surface area contributed by atoms with Crippen LogP contribution in [0.15, 0.2) is 48.5 Å². The van der Waals surface area contributed by atoms with Gasteiger partial charge in [0.15, 0.2) is 0 Å². The lowest BCUT2D eigenvalue weighted by Gasteiger charge is -2.29. The molecule has 0 bridgehead atoms. The Morgan fingerprint density at radius 3 is 2.24 bits per heavy atom. The number of ether oxygens (including phenoxy) is 1. The zero-order valence-electron chi connectivity index (χ0n) is 16.1. The lowest BCUT2D eigenvalue weighted by Crippen LogP contribution is -2.44. The second kappa shape index (κ2) is 7.13. The quantitative estimate of drug-likeness (QED) is 0.723. The van der Waals surface area contributed by atoms with Gasteiger partial charge in [0, 0.05) is 18.1 Å². The van der Waals surface area contributed by atoms with Crippen LogP contribution in [0.25, 0.3) is 0 Å². The average Bonchev–Trinajstić information content (AvgIpc) is 3.36. The van der Waals surface area contributed by atoms with E-state index in [1.807, 2.05) is 31.2 Å². The summed E-state index contributed by atoms with van der Waals surface area (Å²) in [6.07, 6.45) is 0.984. The molecular formula is C22H22ClN3O3. The molecule has 0 aromatic heterocycles. The van der Waals surface area contributed by atoms with Crippen molar-refractivity contribution < 1.29 is 14.3 Å². The van der Waals surface area contributed by atoms with Crippen LogP contribution in [-0.2, 0) is 9.59 Å². The Hall–Kier alpha value is -2.41. The first kappa shape index (κ1) is 18.6. The standard InChI is InChI=1S/C22H22ClN3O3/c1-2-29-17-10-8-16(9-11-17)26-21(27)18-19(14-4-6-15(23)7-5-14)24-12-3-13-25(24)20(18)22(26)28/h4-11,18-20H,2-3,12-13H2,1H3/t18-,19+,20+/m0/s1. The van der Waals surface area contributed by atoms with Gasteiger partial charge < -0.3 is 4.74 Å². The Kier molecular flexibility index (Phi) is 4.57. The highest BCUT2D eigenvalue weighted by atomic mass is 35.5. The fourth-order valence-electron chi connectivity index (χ4n) is 4.89. The summed E-state index contributed by atoms with van der Waals surface area (Å²) in [6.45, 7) is 4.13. The van der Waals surface area contributed by atoms with Gasteiger partial charge in [-0.2, -0.15) is 0 Å². The molecule has 7 heteroatoms. The highest BCUT2D eigenvalue weighted by Gasteiger charge is 2.62. The molecule has 2 aromatic rings. The molecule has 0 radical (unpaired) electrons. The molecule has 150 valence electrons. The van der Waals surface area contributed by atoms with Gasteiger partial charge in [-0.25, -0.2) is 14.9 Å². The number of hydrazine groups is 1. The number of nitrogens with zero attached hydrogens (tertiary/aromatic N) is 3. The molecule has 3 atom stereocenters. The minimum Gasteiger partial charge on any atom is -0.494 e. The Labute approximate surface area is 174 Å². The molecule has 0 spiro atoms. The highest BCUT2D eigenvalue weighted by molar-refractivity contribution is 6.30. The number of fused-ring (bicyclic) bond motifs is 3. The van der Waals surface area contributed by atoms with Crippen molar-refractivity contribution in [2.45, 2.75) is 25.4 Å². The van der Waals surface area contributed by atoms with E-state index >= 15 is 0 Å². The maximum Gasteiger partial charge on any atom is 0.253 e. The molecule has 6 nitrogen and oxygen atoms in total.